The lowest BCUT2D eigenvalue weighted by molar-refractivity contribution is 0.0933. The van der Waals surface area contributed by atoms with E-state index in [1.807, 2.05) is 0 Å². The van der Waals surface area contributed by atoms with Gasteiger partial charge in [0.05, 0.1) is 23.3 Å². The Morgan fingerprint density at radius 3 is 2.88 bits per heavy atom. The number of hydrogen-bond donors (Lipinski definition) is 1. The first kappa shape index (κ1) is 12.3. The molecule has 2 rings (SSSR count). The number of halogens is 1. The van der Waals surface area contributed by atoms with Gasteiger partial charge in [-0.05, 0) is 18.9 Å². The lowest BCUT2D eigenvalue weighted by atomic mass is 10.1. The molecule has 0 radical (unpaired) electrons. The molecule has 5 heteroatoms. The zero-order chi connectivity index (χ0) is 12.1. The van der Waals surface area contributed by atoms with E-state index in [0.717, 1.165) is 25.7 Å². The molecular weight excluding hydrogens is 238 g/mol. The molecule has 0 spiro atoms. The van der Waals surface area contributed by atoms with Crippen molar-refractivity contribution in [3.8, 4) is 0 Å². The SMILES string of the molecule is O=C(NC1CCCCCC1Cl)c1ccnnc1. The number of nitrogens with one attached hydrogen (secondary N) is 1. The van der Waals surface area contributed by atoms with Crippen LogP contribution in [0.5, 0.6) is 0 Å². The molecule has 4 nitrogen and oxygen atoms in total. The fraction of sp³-hybridized carbons (Fsp3) is 0.583. The average molecular weight is 254 g/mol. The molecule has 2 atom stereocenters. The van der Waals surface area contributed by atoms with E-state index in [1.54, 1.807) is 6.07 Å². The highest BCUT2D eigenvalue weighted by atomic mass is 35.5. The Kier molecular flexibility index (Phi) is 4.31. The molecular formula is C12H16ClN3O. The zero-order valence-electron chi connectivity index (χ0n) is 9.60. The van der Waals surface area contributed by atoms with Gasteiger partial charge in [0.15, 0.2) is 0 Å². The molecule has 17 heavy (non-hydrogen) atoms. The number of carbonyl (C=O) groups excluding carboxylic acids is 1. The van der Waals surface area contributed by atoms with Crippen molar-refractivity contribution in [2.24, 2.45) is 0 Å². The van der Waals surface area contributed by atoms with E-state index in [-0.39, 0.29) is 17.3 Å². The largest absolute Gasteiger partial charge is 0.348 e. The zero-order valence-corrected chi connectivity index (χ0v) is 10.4. The first-order valence-electron chi connectivity index (χ1n) is 5.99. The quantitative estimate of drug-likeness (QED) is 0.649. The smallest absolute Gasteiger partial charge is 0.253 e. The summed E-state index contributed by atoms with van der Waals surface area (Å²) >= 11 is 6.28. The molecule has 1 saturated carbocycles. The second kappa shape index (κ2) is 5.96. The van der Waals surface area contributed by atoms with Crippen molar-refractivity contribution in [1.82, 2.24) is 15.5 Å². The number of rotatable bonds is 2. The highest BCUT2D eigenvalue weighted by molar-refractivity contribution is 6.21. The van der Waals surface area contributed by atoms with E-state index in [1.165, 1.54) is 18.8 Å². The summed E-state index contributed by atoms with van der Waals surface area (Å²) in [6.07, 6.45) is 8.39. The number of alkyl halides is 1. The van der Waals surface area contributed by atoms with Crippen LogP contribution >= 0.6 is 11.6 Å². The average Bonchev–Trinajstić information content (AvgIpc) is 2.56. The van der Waals surface area contributed by atoms with Crippen molar-refractivity contribution >= 4 is 17.5 Å². The normalized spacial score (nSPS) is 25.0. The van der Waals surface area contributed by atoms with E-state index >= 15 is 0 Å². The van der Waals surface area contributed by atoms with Gasteiger partial charge in [-0.15, -0.1) is 11.6 Å². The summed E-state index contributed by atoms with van der Waals surface area (Å²) in [7, 11) is 0. The molecule has 1 aliphatic carbocycles. The monoisotopic (exact) mass is 253 g/mol. The molecule has 1 heterocycles. The lowest BCUT2D eigenvalue weighted by Crippen LogP contribution is -2.40. The molecule has 0 bridgehead atoms. The Balaban J connectivity index is 1.98. The maximum absolute atomic E-state index is 11.9. The summed E-state index contributed by atoms with van der Waals surface area (Å²) in [5.74, 6) is -0.113. The van der Waals surface area contributed by atoms with E-state index in [9.17, 15) is 4.79 Å². The second-order valence-electron chi connectivity index (χ2n) is 4.37. The third kappa shape index (κ3) is 3.40. The van der Waals surface area contributed by atoms with Gasteiger partial charge < -0.3 is 5.32 Å². The predicted octanol–water partition coefficient (Wildman–Crippen LogP) is 2.15. The first-order chi connectivity index (χ1) is 8.27. The molecule has 1 aliphatic rings. The minimum Gasteiger partial charge on any atom is -0.348 e. The molecule has 1 N–H and O–H groups in total. The van der Waals surface area contributed by atoms with Crippen LogP contribution in [0.15, 0.2) is 18.5 Å². The number of carbonyl (C=O) groups is 1. The van der Waals surface area contributed by atoms with Gasteiger partial charge in [-0.1, -0.05) is 19.3 Å². The summed E-state index contributed by atoms with van der Waals surface area (Å²) < 4.78 is 0. The summed E-state index contributed by atoms with van der Waals surface area (Å²) in [6, 6.07) is 1.72. The Bertz CT molecular complexity index is 371. The second-order valence-corrected chi connectivity index (χ2v) is 4.93. The number of aromatic nitrogens is 2. The molecule has 0 aliphatic heterocycles. The Morgan fingerprint density at radius 2 is 2.12 bits per heavy atom. The van der Waals surface area contributed by atoms with Crippen molar-refractivity contribution in [1.29, 1.82) is 0 Å². The van der Waals surface area contributed by atoms with Gasteiger partial charge in [0.25, 0.3) is 5.91 Å². The molecule has 1 aromatic rings. The van der Waals surface area contributed by atoms with Crippen molar-refractivity contribution in [2.45, 2.75) is 43.5 Å². The molecule has 0 saturated heterocycles. The van der Waals surface area contributed by atoms with Crippen LogP contribution in [0.4, 0.5) is 0 Å². The summed E-state index contributed by atoms with van der Waals surface area (Å²) in [6.45, 7) is 0. The third-order valence-electron chi connectivity index (χ3n) is 3.09. The fourth-order valence-corrected chi connectivity index (χ4v) is 2.44. The maximum atomic E-state index is 11.9. The molecule has 0 aromatic carbocycles. The van der Waals surface area contributed by atoms with E-state index in [0.29, 0.717) is 5.56 Å². The number of hydrogen-bond acceptors (Lipinski definition) is 3. The number of nitrogens with zero attached hydrogens (tertiary/aromatic N) is 2. The van der Waals surface area contributed by atoms with Crippen LogP contribution in [0.2, 0.25) is 0 Å². The van der Waals surface area contributed by atoms with Gasteiger partial charge in [-0.3, -0.25) is 4.79 Å². The molecule has 1 aromatic heterocycles. The highest BCUT2D eigenvalue weighted by Gasteiger charge is 2.23. The summed E-state index contributed by atoms with van der Waals surface area (Å²) in [5, 5.41) is 10.4. The van der Waals surface area contributed by atoms with Crippen molar-refractivity contribution in [3.05, 3.63) is 24.0 Å². The topological polar surface area (TPSA) is 54.9 Å². The standard InChI is InChI=1S/C12H16ClN3O/c13-10-4-2-1-3-5-11(10)16-12(17)9-6-7-14-15-8-9/h6-8,10-11H,1-5H2,(H,16,17). The van der Waals surface area contributed by atoms with Crippen LogP contribution in [0.25, 0.3) is 0 Å². The van der Waals surface area contributed by atoms with E-state index in [2.05, 4.69) is 15.5 Å². The summed E-state index contributed by atoms with van der Waals surface area (Å²) in [5.41, 5.74) is 0.535. The van der Waals surface area contributed by atoms with Crippen LogP contribution in [0.3, 0.4) is 0 Å². The number of amides is 1. The molecule has 92 valence electrons. The molecule has 1 amide bonds. The van der Waals surface area contributed by atoms with Gasteiger partial charge in [-0.25, -0.2) is 0 Å². The lowest BCUT2D eigenvalue weighted by Gasteiger charge is -2.20. The maximum Gasteiger partial charge on any atom is 0.253 e. The van der Waals surface area contributed by atoms with Crippen molar-refractivity contribution in [2.75, 3.05) is 0 Å². The first-order valence-corrected chi connectivity index (χ1v) is 6.42. The predicted molar refractivity (Wildman–Crippen MR) is 66.0 cm³/mol. The highest BCUT2D eigenvalue weighted by Crippen LogP contribution is 2.22. The van der Waals surface area contributed by atoms with E-state index in [4.69, 9.17) is 11.6 Å². The van der Waals surface area contributed by atoms with Gasteiger partial charge >= 0.3 is 0 Å². The van der Waals surface area contributed by atoms with Crippen LogP contribution in [0.1, 0.15) is 42.5 Å². The third-order valence-corrected chi connectivity index (χ3v) is 3.62. The Morgan fingerprint density at radius 1 is 1.29 bits per heavy atom. The molecule has 2 unspecified atom stereocenters. The minimum absolute atomic E-state index is 0.0382. The molecule has 1 fully saturated rings. The van der Waals surface area contributed by atoms with Crippen LogP contribution in [0, 0.1) is 0 Å². The van der Waals surface area contributed by atoms with Gasteiger partial charge in [0.2, 0.25) is 0 Å². The van der Waals surface area contributed by atoms with Gasteiger partial charge in [-0.2, -0.15) is 10.2 Å². The van der Waals surface area contributed by atoms with Crippen LogP contribution < -0.4 is 5.32 Å². The fourth-order valence-electron chi connectivity index (χ4n) is 2.10. The Labute approximate surface area is 106 Å². The van der Waals surface area contributed by atoms with Crippen molar-refractivity contribution in [3.63, 3.8) is 0 Å². The van der Waals surface area contributed by atoms with Crippen LogP contribution in [-0.2, 0) is 0 Å². The minimum atomic E-state index is -0.113. The van der Waals surface area contributed by atoms with Crippen molar-refractivity contribution < 1.29 is 4.79 Å². The summed E-state index contributed by atoms with van der Waals surface area (Å²) in [4.78, 5) is 11.9. The van der Waals surface area contributed by atoms with E-state index < -0.39 is 0 Å². The van der Waals surface area contributed by atoms with Gasteiger partial charge in [0.1, 0.15) is 0 Å². The Hall–Kier alpha value is -1.16. The van der Waals surface area contributed by atoms with Crippen LogP contribution in [-0.4, -0.2) is 27.5 Å². The van der Waals surface area contributed by atoms with Gasteiger partial charge in [0, 0.05) is 6.04 Å².